The summed E-state index contributed by atoms with van der Waals surface area (Å²) in [6.45, 7) is 2.04. The lowest BCUT2D eigenvalue weighted by Gasteiger charge is -2.09. The van der Waals surface area contributed by atoms with Crippen molar-refractivity contribution in [1.29, 1.82) is 0 Å². The number of amides is 1. The number of pyridine rings is 1. The molecule has 1 N–H and O–H groups in total. The number of carbonyl (C=O) groups is 1. The van der Waals surface area contributed by atoms with Crippen molar-refractivity contribution in [2.75, 3.05) is 0 Å². The van der Waals surface area contributed by atoms with E-state index in [0.29, 0.717) is 29.1 Å². The summed E-state index contributed by atoms with van der Waals surface area (Å²) >= 11 is 1.49. The molecule has 4 aromatic rings. The second-order valence-corrected chi connectivity index (χ2v) is 8.44. The van der Waals surface area contributed by atoms with Crippen LogP contribution in [0.25, 0.3) is 22.4 Å². The summed E-state index contributed by atoms with van der Waals surface area (Å²) in [5.74, 6) is 1.56. The number of nitrogens with zero attached hydrogens (tertiary/aromatic N) is 3. The highest BCUT2D eigenvalue weighted by Gasteiger charge is 2.25. The number of rotatable bonds is 6. The van der Waals surface area contributed by atoms with Crippen LogP contribution in [-0.2, 0) is 5.75 Å². The lowest BCUT2D eigenvalue weighted by atomic mass is 10.1. The number of hydrogen-bond donors (Lipinski definition) is 1. The molecule has 1 saturated carbocycles. The van der Waals surface area contributed by atoms with Crippen molar-refractivity contribution in [2.24, 2.45) is 0 Å². The number of carbonyl (C=O) groups excluding carboxylic acids is 1. The number of thioether (sulfide) groups is 1. The first-order valence-electron chi connectivity index (χ1n) is 9.89. The topological polar surface area (TPSA) is 80.9 Å². The lowest BCUT2D eigenvalue weighted by Crippen LogP contribution is -2.25. The molecule has 0 saturated heterocycles. The van der Waals surface area contributed by atoms with Gasteiger partial charge in [-0.25, -0.2) is 4.98 Å². The molecule has 1 fully saturated rings. The molecule has 0 radical (unpaired) electrons. The van der Waals surface area contributed by atoms with Crippen molar-refractivity contribution in [3.63, 3.8) is 0 Å². The Labute approximate surface area is 178 Å². The van der Waals surface area contributed by atoms with Crippen LogP contribution < -0.4 is 5.32 Å². The third-order valence-electron chi connectivity index (χ3n) is 4.97. The molecule has 0 aliphatic heterocycles. The van der Waals surface area contributed by atoms with Gasteiger partial charge in [0.25, 0.3) is 11.8 Å². The minimum atomic E-state index is -0.0424. The Bertz CT molecular complexity index is 1220. The maximum absolute atomic E-state index is 12.7. The molecule has 30 heavy (non-hydrogen) atoms. The molecule has 2 aromatic heterocycles. The Morgan fingerprint density at radius 3 is 2.73 bits per heavy atom. The second kappa shape index (κ2) is 7.91. The zero-order valence-corrected chi connectivity index (χ0v) is 17.3. The van der Waals surface area contributed by atoms with Crippen molar-refractivity contribution in [1.82, 2.24) is 20.4 Å². The summed E-state index contributed by atoms with van der Waals surface area (Å²) in [5, 5.41) is 8.78. The van der Waals surface area contributed by atoms with E-state index in [1.807, 2.05) is 61.5 Å². The number of fused-ring (bicyclic) bond motifs is 1. The number of aryl methyl sites for hydroxylation is 1. The highest BCUT2D eigenvalue weighted by molar-refractivity contribution is 7.98. The molecule has 2 heterocycles. The lowest BCUT2D eigenvalue weighted by molar-refractivity contribution is 0.0952. The maximum Gasteiger partial charge on any atom is 0.257 e. The number of hydrogen-bond acceptors (Lipinski definition) is 6. The van der Waals surface area contributed by atoms with Crippen LogP contribution in [0, 0.1) is 6.92 Å². The highest BCUT2D eigenvalue weighted by Crippen LogP contribution is 2.28. The largest absolute Gasteiger partial charge is 0.349 e. The molecule has 0 bridgehead atoms. The third-order valence-corrected chi connectivity index (χ3v) is 5.87. The zero-order valence-electron chi connectivity index (χ0n) is 16.5. The van der Waals surface area contributed by atoms with E-state index in [-0.39, 0.29) is 5.91 Å². The molecule has 5 rings (SSSR count). The number of nitrogens with one attached hydrogen (secondary N) is 1. The molecule has 0 spiro atoms. The van der Waals surface area contributed by atoms with Gasteiger partial charge >= 0.3 is 0 Å². The van der Waals surface area contributed by atoms with Gasteiger partial charge in [0.1, 0.15) is 0 Å². The second-order valence-electron chi connectivity index (χ2n) is 7.44. The quantitative estimate of drug-likeness (QED) is 0.456. The number of para-hydroxylation sites is 1. The van der Waals surface area contributed by atoms with E-state index in [2.05, 4.69) is 15.5 Å². The van der Waals surface area contributed by atoms with E-state index >= 15 is 0 Å². The molecule has 0 unspecified atom stereocenters. The molecular weight excluding hydrogens is 396 g/mol. The predicted molar refractivity (Wildman–Crippen MR) is 116 cm³/mol. The smallest absolute Gasteiger partial charge is 0.257 e. The first-order valence-corrected chi connectivity index (χ1v) is 10.9. The van der Waals surface area contributed by atoms with E-state index in [4.69, 9.17) is 9.51 Å². The average Bonchev–Trinajstić information content (AvgIpc) is 3.45. The van der Waals surface area contributed by atoms with Crippen LogP contribution in [0.2, 0.25) is 0 Å². The van der Waals surface area contributed by atoms with Crippen molar-refractivity contribution >= 4 is 28.6 Å². The van der Waals surface area contributed by atoms with Crippen molar-refractivity contribution < 1.29 is 9.32 Å². The van der Waals surface area contributed by atoms with E-state index in [9.17, 15) is 4.79 Å². The summed E-state index contributed by atoms with van der Waals surface area (Å²) < 4.78 is 5.40. The fraction of sp³-hybridized carbons (Fsp3) is 0.217. The fourth-order valence-electron chi connectivity index (χ4n) is 3.17. The van der Waals surface area contributed by atoms with Crippen LogP contribution in [0.3, 0.4) is 0 Å². The van der Waals surface area contributed by atoms with Crippen LogP contribution in [0.15, 0.2) is 64.1 Å². The summed E-state index contributed by atoms with van der Waals surface area (Å²) in [5.41, 5.74) is 3.53. The van der Waals surface area contributed by atoms with Crippen LogP contribution in [0.4, 0.5) is 0 Å². The first kappa shape index (κ1) is 18.8. The zero-order chi connectivity index (χ0) is 20.5. The molecule has 1 aliphatic rings. The summed E-state index contributed by atoms with van der Waals surface area (Å²) in [6.07, 6.45) is 2.11. The van der Waals surface area contributed by atoms with Gasteiger partial charge in [0.2, 0.25) is 0 Å². The average molecular weight is 417 g/mol. The minimum Gasteiger partial charge on any atom is -0.349 e. The van der Waals surface area contributed by atoms with Crippen molar-refractivity contribution in [2.45, 2.75) is 36.6 Å². The predicted octanol–water partition coefficient (Wildman–Crippen LogP) is 4.78. The van der Waals surface area contributed by atoms with Gasteiger partial charge in [-0.3, -0.25) is 4.79 Å². The molecule has 0 atom stereocenters. The van der Waals surface area contributed by atoms with Gasteiger partial charge in [-0.05, 0) is 44.0 Å². The highest BCUT2D eigenvalue weighted by atomic mass is 32.2. The van der Waals surface area contributed by atoms with Crippen molar-refractivity contribution in [3.05, 3.63) is 71.5 Å². The van der Waals surface area contributed by atoms with Crippen LogP contribution in [0.5, 0.6) is 0 Å². The molecular formula is C23H20N4O2S. The normalized spacial score (nSPS) is 13.5. The summed E-state index contributed by atoms with van der Waals surface area (Å²) in [4.78, 5) is 21.9. The number of benzene rings is 2. The van der Waals surface area contributed by atoms with Gasteiger partial charge in [-0.15, -0.1) is 0 Å². The summed E-state index contributed by atoms with van der Waals surface area (Å²) in [7, 11) is 0. The van der Waals surface area contributed by atoms with Crippen LogP contribution >= 0.6 is 11.8 Å². The molecule has 6 nitrogen and oxygen atoms in total. The molecule has 150 valence electrons. The van der Waals surface area contributed by atoms with Gasteiger partial charge in [0.05, 0.1) is 21.9 Å². The SMILES string of the molecule is Cc1ccc(-c2nc(CSc3cc(C(=O)NC4CC4)c4ccccc4n3)no2)cc1. The molecule has 1 amide bonds. The summed E-state index contributed by atoms with van der Waals surface area (Å²) in [6, 6.07) is 17.8. The van der Waals surface area contributed by atoms with E-state index < -0.39 is 0 Å². The Hall–Kier alpha value is -3.19. The Morgan fingerprint density at radius 2 is 1.93 bits per heavy atom. The van der Waals surface area contributed by atoms with Crippen molar-refractivity contribution in [3.8, 4) is 11.5 Å². The van der Waals surface area contributed by atoms with Gasteiger partial charge in [-0.1, -0.05) is 52.8 Å². The molecule has 1 aliphatic carbocycles. The van der Waals surface area contributed by atoms with E-state index in [1.165, 1.54) is 17.3 Å². The van der Waals surface area contributed by atoms with Crippen LogP contribution in [-0.4, -0.2) is 27.1 Å². The minimum absolute atomic E-state index is 0.0424. The Kier molecular flexibility index (Phi) is 4.96. The monoisotopic (exact) mass is 416 g/mol. The third kappa shape index (κ3) is 4.07. The van der Waals surface area contributed by atoms with E-state index in [1.54, 1.807) is 0 Å². The van der Waals surface area contributed by atoms with Gasteiger partial charge in [-0.2, -0.15) is 4.98 Å². The Morgan fingerprint density at radius 1 is 1.13 bits per heavy atom. The standard InChI is InChI=1S/C23H20N4O2S/c1-14-6-8-15(9-7-14)23-26-20(27-29-23)13-30-21-12-18(22(28)24-16-10-11-16)17-4-2-3-5-19(17)25-21/h2-9,12,16H,10-11,13H2,1H3,(H,24,28). The van der Waals surface area contributed by atoms with Gasteiger partial charge in [0.15, 0.2) is 5.82 Å². The van der Waals surface area contributed by atoms with Gasteiger partial charge in [0, 0.05) is 17.0 Å². The molecule has 2 aromatic carbocycles. The fourth-order valence-corrected chi connectivity index (χ4v) is 3.93. The number of aromatic nitrogens is 3. The van der Waals surface area contributed by atoms with E-state index in [0.717, 1.165) is 34.3 Å². The van der Waals surface area contributed by atoms with Gasteiger partial charge < -0.3 is 9.84 Å². The first-order chi connectivity index (χ1) is 14.7. The Balaban J connectivity index is 1.36. The molecule has 7 heteroatoms. The maximum atomic E-state index is 12.7. The van der Waals surface area contributed by atoms with Crippen LogP contribution in [0.1, 0.15) is 34.6 Å².